The van der Waals surface area contributed by atoms with Crippen LogP contribution in [0.25, 0.3) is 11.1 Å². The van der Waals surface area contributed by atoms with E-state index >= 15 is 0 Å². The number of hydrogen-bond acceptors (Lipinski definition) is 5. The Hall–Kier alpha value is -3.49. The van der Waals surface area contributed by atoms with Crippen LogP contribution in [0.3, 0.4) is 0 Å². The molecule has 4 rings (SSSR count). The molecule has 0 aliphatic heterocycles. The van der Waals surface area contributed by atoms with Gasteiger partial charge in [0.2, 0.25) is 0 Å². The predicted octanol–water partition coefficient (Wildman–Crippen LogP) is 3.91. The number of amides is 1. The smallest absolute Gasteiger partial charge is 0.407 e. The molecule has 0 saturated heterocycles. The van der Waals surface area contributed by atoms with Gasteiger partial charge in [0.15, 0.2) is 17.4 Å². The zero-order valence-corrected chi connectivity index (χ0v) is 17.8. The third-order valence-electron chi connectivity index (χ3n) is 5.73. The van der Waals surface area contributed by atoms with E-state index in [-0.39, 0.29) is 24.6 Å². The lowest BCUT2D eigenvalue weighted by molar-refractivity contribution is 0.0181. The van der Waals surface area contributed by atoms with Gasteiger partial charge >= 0.3 is 6.09 Å². The highest BCUT2D eigenvalue weighted by Gasteiger charge is 2.29. The molecule has 2 unspecified atom stereocenters. The number of carbonyl (C=O) groups is 1. The molecule has 3 aromatic carbocycles. The molecule has 0 radical (unpaired) electrons. The first-order chi connectivity index (χ1) is 15.9. The summed E-state index contributed by atoms with van der Waals surface area (Å²) < 4.78 is 37.7. The van der Waals surface area contributed by atoms with Crippen LogP contribution >= 0.6 is 0 Å². The average molecular weight is 455 g/mol. The number of alkyl carbamates (subject to hydrolysis) is 1. The van der Waals surface area contributed by atoms with Crippen LogP contribution in [0, 0.1) is 11.6 Å². The summed E-state index contributed by atoms with van der Waals surface area (Å²) in [5.74, 6) is -2.73. The van der Waals surface area contributed by atoms with Gasteiger partial charge in [-0.25, -0.2) is 13.6 Å². The van der Waals surface area contributed by atoms with E-state index in [2.05, 4.69) is 10.1 Å². The van der Waals surface area contributed by atoms with Gasteiger partial charge in [-0.05, 0) is 39.9 Å². The summed E-state index contributed by atoms with van der Waals surface area (Å²) in [6.45, 7) is -0.291. The Bertz CT molecular complexity index is 1100. The second-order valence-corrected chi connectivity index (χ2v) is 7.74. The number of methoxy groups -OCH3 is 1. The maximum absolute atomic E-state index is 13.9. The highest BCUT2D eigenvalue weighted by atomic mass is 19.1. The summed E-state index contributed by atoms with van der Waals surface area (Å²) in [7, 11) is 1.12. The van der Waals surface area contributed by atoms with Crippen molar-refractivity contribution in [1.82, 2.24) is 5.32 Å². The molecule has 1 amide bonds. The van der Waals surface area contributed by atoms with Gasteiger partial charge in [0.1, 0.15) is 18.8 Å². The van der Waals surface area contributed by atoms with Crippen molar-refractivity contribution in [3.05, 3.63) is 89.0 Å². The molecule has 8 heteroatoms. The van der Waals surface area contributed by atoms with Crippen molar-refractivity contribution in [2.24, 2.45) is 0 Å². The fourth-order valence-electron chi connectivity index (χ4n) is 4.12. The maximum atomic E-state index is 13.9. The van der Waals surface area contributed by atoms with Crippen LogP contribution in [-0.2, 0) is 4.74 Å². The normalized spacial score (nSPS) is 14.2. The van der Waals surface area contributed by atoms with Gasteiger partial charge in [-0.1, -0.05) is 48.5 Å². The minimum atomic E-state index is -1.63. The number of aliphatic hydroxyl groups excluding tert-OH is 2. The highest BCUT2D eigenvalue weighted by molar-refractivity contribution is 5.79. The third-order valence-corrected chi connectivity index (χ3v) is 5.73. The first-order valence-electron chi connectivity index (χ1n) is 10.4. The monoisotopic (exact) mass is 455 g/mol. The zero-order chi connectivity index (χ0) is 23.5. The summed E-state index contributed by atoms with van der Waals surface area (Å²) >= 11 is 0. The van der Waals surface area contributed by atoms with Crippen LogP contribution in [0.1, 0.15) is 28.7 Å². The zero-order valence-electron chi connectivity index (χ0n) is 17.8. The van der Waals surface area contributed by atoms with E-state index in [4.69, 9.17) is 4.74 Å². The number of halogens is 2. The maximum Gasteiger partial charge on any atom is 0.407 e. The summed E-state index contributed by atoms with van der Waals surface area (Å²) in [6.07, 6.45) is -3.93. The van der Waals surface area contributed by atoms with Crippen LogP contribution in [0.4, 0.5) is 13.6 Å². The van der Waals surface area contributed by atoms with Crippen molar-refractivity contribution >= 4 is 6.09 Å². The van der Waals surface area contributed by atoms with Gasteiger partial charge in [-0.15, -0.1) is 0 Å². The molecule has 1 aliphatic rings. The molecule has 0 fully saturated rings. The molecular formula is C25H23F2NO5. The van der Waals surface area contributed by atoms with Gasteiger partial charge in [0.05, 0.1) is 7.11 Å². The van der Waals surface area contributed by atoms with Crippen molar-refractivity contribution in [2.45, 2.75) is 18.1 Å². The minimum absolute atomic E-state index is 0.0907. The largest absolute Gasteiger partial charge is 0.491 e. The number of ether oxygens (including phenoxy) is 2. The van der Waals surface area contributed by atoms with Gasteiger partial charge in [0, 0.05) is 12.5 Å². The molecule has 33 heavy (non-hydrogen) atoms. The van der Waals surface area contributed by atoms with Crippen LogP contribution in [-0.4, -0.2) is 42.7 Å². The van der Waals surface area contributed by atoms with E-state index < -0.39 is 35.7 Å². The Morgan fingerprint density at radius 2 is 1.55 bits per heavy atom. The van der Waals surface area contributed by atoms with Crippen molar-refractivity contribution < 1.29 is 33.3 Å². The van der Waals surface area contributed by atoms with E-state index in [0.29, 0.717) is 0 Å². The van der Waals surface area contributed by atoms with E-state index in [9.17, 15) is 23.8 Å². The number of hydrogen-bond donors (Lipinski definition) is 3. The van der Waals surface area contributed by atoms with Gasteiger partial charge in [0.25, 0.3) is 0 Å². The first kappa shape index (κ1) is 22.7. The molecular weight excluding hydrogens is 432 g/mol. The van der Waals surface area contributed by atoms with E-state index in [1.165, 1.54) is 0 Å². The number of aliphatic hydroxyl groups is 2. The lowest BCUT2D eigenvalue weighted by atomic mass is 9.98. The van der Waals surface area contributed by atoms with Gasteiger partial charge in [-0.2, -0.15) is 0 Å². The Labute approximate surface area is 189 Å². The van der Waals surface area contributed by atoms with Crippen LogP contribution in [0.15, 0.2) is 60.7 Å². The Morgan fingerprint density at radius 3 is 2.09 bits per heavy atom. The predicted molar refractivity (Wildman–Crippen MR) is 117 cm³/mol. The third kappa shape index (κ3) is 4.53. The van der Waals surface area contributed by atoms with Crippen molar-refractivity contribution in [3.63, 3.8) is 0 Å². The summed E-state index contributed by atoms with van der Waals surface area (Å²) in [4.78, 5) is 12.2. The van der Waals surface area contributed by atoms with E-state index in [1.807, 2.05) is 48.5 Å². The summed E-state index contributed by atoms with van der Waals surface area (Å²) in [6, 6.07) is 17.5. The lowest BCUT2D eigenvalue weighted by Gasteiger charge is -2.20. The molecule has 0 spiro atoms. The Balaban J connectivity index is 1.35. The second-order valence-electron chi connectivity index (χ2n) is 7.74. The molecule has 0 aromatic heterocycles. The molecule has 3 aromatic rings. The highest BCUT2D eigenvalue weighted by Crippen LogP contribution is 2.44. The molecule has 0 heterocycles. The molecule has 2 atom stereocenters. The molecule has 0 bridgehead atoms. The van der Waals surface area contributed by atoms with Crippen LogP contribution in [0.2, 0.25) is 0 Å². The number of carbonyl (C=O) groups excluding carboxylic acids is 1. The SMILES string of the molecule is COc1c(F)cc(C(O)C(O)CNC(=O)OCC2c3ccccc3-c3ccccc32)cc1F. The van der Waals surface area contributed by atoms with Gasteiger partial charge < -0.3 is 25.0 Å². The molecule has 6 nitrogen and oxygen atoms in total. The van der Waals surface area contributed by atoms with Crippen molar-refractivity contribution in [3.8, 4) is 16.9 Å². The van der Waals surface area contributed by atoms with E-state index in [1.54, 1.807) is 0 Å². The minimum Gasteiger partial charge on any atom is -0.491 e. The number of nitrogens with one attached hydrogen (secondary N) is 1. The fraction of sp³-hybridized carbons (Fsp3) is 0.240. The lowest BCUT2D eigenvalue weighted by Crippen LogP contribution is -2.36. The summed E-state index contributed by atoms with van der Waals surface area (Å²) in [5.41, 5.74) is 4.13. The Kier molecular flexibility index (Phi) is 6.57. The topological polar surface area (TPSA) is 88.0 Å². The number of rotatable bonds is 7. The molecule has 172 valence electrons. The second kappa shape index (κ2) is 9.56. The standard InChI is InChI=1S/C25H23F2NO5/c1-32-24-20(26)10-14(11-21(24)27)23(30)22(29)12-28-25(31)33-13-19-17-8-4-2-6-15(17)16-7-3-5-9-18(16)19/h2-11,19,22-23,29-30H,12-13H2,1H3,(H,28,31). The van der Waals surface area contributed by atoms with Crippen molar-refractivity contribution in [2.75, 3.05) is 20.3 Å². The van der Waals surface area contributed by atoms with Gasteiger partial charge in [-0.3, -0.25) is 0 Å². The quantitative estimate of drug-likeness (QED) is 0.503. The molecule has 1 aliphatic carbocycles. The number of benzene rings is 3. The molecule has 0 saturated carbocycles. The van der Waals surface area contributed by atoms with Crippen molar-refractivity contribution in [1.29, 1.82) is 0 Å². The van der Waals surface area contributed by atoms with Crippen LogP contribution in [0.5, 0.6) is 5.75 Å². The summed E-state index contributed by atoms with van der Waals surface area (Å²) in [5, 5.41) is 22.8. The number of fused-ring (bicyclic) bond motifs is 3. The van der Waals surface area contributed by atoms with Crippen LogP contribution < -0.4 is 10.1 Å². The fourth-order valence-corrected chi connectivity index (χ4v) is 4.12. The Morgan fingerprint density at radius 1 is 1.00 bits per heavy atom. The average Bonchev–Trinajstić information content (AvgIpc) is 3.14. The molecule has 3 N–H and O–H groups in total. The first-order valence-corrected chi connectivity index (χ1v) is 10.4. The van der Waals surface area contributed by atoms with E-state index in [0.717, 1.165) is 41.5 Å².